The van der Waals surface area contributed by atoms with E-state index in [1.165, 1.54) is 24.3 Å². The van der Waals surface area contributed by atoms with E-state index in [1.807, 2.05) is 30.3 Å². The molecular formula is C23H15ClFNO3S. The highest BCUT2D eigenvalue weighted by Gasteiger charge is 2.36. The Bertz CT molecular complexity index is 1150. The molecule has 0 radical (unpaired) electrons. The fourth-order valence-corrected chi connectivity index (χ4v) is 3.95. The van der Waals surface area contributed by atoms with Crippen molar-refractivity contribution in [1.29, 1.82) is 0 Å². The Morgan fingerprint density at radius 2 is 1.67 bits per heavy atom. The first-order valence-electron chi connectivity index (χ1n) is 9.02. The van der Waals surface area contributed by atoms with Crippen LogP contribution in [0.15, 0.2) is 77.7 Å². The lowest BCUT2D eigenvalue weighted by Gasteiger charge is -2.12. The number of carbonyl (C=O) groups excluding carboxylic acids is 2. The fraction of sp³-hybridized carbons (Fsp3) is 0.0435. The quantitative estimate of drug-likeness (QED) is 0.438. The number of ether oxygens (including phenoxy) is 1. The fourth-order valence-electron chi connectivity index (χ4n) is 2.92. The van der Waals surface area contributed by atoms with E-state index in [4.69, 9.17) is 16.3 Å². The molecule has 0 N–H and O–H groups in total. The number of anilines is 1. The van der Waals surface area contributed by atoms with Gasteiger partial charge in [-0.3, -0.25) is 9.59 Å². The molecule has 1 aliphatic rings. The molecule has 0 spiro atoms. The van der Waals surface area contributed by atoms with Crippen LogP contribution in [0.3, 0.4) is 0 Å². The highest BCUT2D eigenvalue weighted by molar-refractivity contribution is 8.19. The number of thioether (sulfide) groups is 1. The van der Waals surface area contributed by atoms with Crippen molar-refractivity contribution in [2.45, 2.75) is 6.61 Å². The van der Waals surface area contributed by atoms with Gasteiger partial charge in [0.2, 0.25) is 0 Å². The summed E-state index contributed by atoms with van der Waals surface area (Å²) >= 11 is 7.01. The lowest BCUT2D eigenvalue weighted by molar-refractivity contribution is -0.113. The van der Waals surface area contributed by atoms with Gasteiger partial charge in [-0.1, -0.05) is 48.0 Å². The van der Waals surface area contributed by atoms with Crippen LogP contribution in [0.5, 0.6) is 5.75 Å². The third kappa shape index (κ3) is 4.25. The van der Waals surface area contributed by atoms with Crippen molar-refractivity contribution in [3.05, 3.63) is 99.7 Å². The summed E-state index contributed by atoms with van der Waals surface area (Å²) in [7, 11) is 0. The Morgan fingerprint density at radius 3 is 2.43 bits per heavy atom. The first-order valence-corrected chi connectivity index (χ1v) is 10.2. The lowest BCUT2D eigenvalue weighted by atomic mass is 10.1. The van der Waals surface area contributed by atoms with Crippen LogP contribution < -0.4 is 9.64 Å². The number of carbonyl (C=O) groups is 2. The minimum Gasteiger partial charge on any atom is -0.488 e. The van der Waals surface area contributed by atoms with E-state index in [1.54, 1.807) is 24.3 Å². The lowest BCUT2D eigenvalue weighted by Crippen LogP contribution is -2.27. The summed E-state index contributed by atoms with van der Waals surface area (Å²) in [5.74, 6) is -0.339. The molecule has 1 saturated heterocycles. The number of rotatable bonds is 5. The monoisotopic (exact) mass is 439 g/mol. The van der Waals surface area contributed by atoms with Crippen molar-refractivity contribution >= 4 is 46.3 Å². The van der Waals surface area contributed by atoms with Crippen LogP contribution in [0, 0.1) is 5.82 Å². The Morgan fingerprint density at radius 1 is 0.967 bits per heavy atom. The van der Waals surface area contributed by atoms with Crippen LogP contribution in [0.1, 0.15) is 11.1 Å². The molecule has 0 aliphatic carbocycles. The van der Waals surface area contributed by atoms with Crippen LogP contribution in [-0.2, 0) is 11.4 Å². The molecular weight excluding hydrogens is 425 g/mol. The van der Waals surface area contributed by atoms with Gasteiger partial charge in [0.05, 0.1) is 10.6 Å². The predicted molar refractivity (Wildman–Crippen MR) is 117 cm³/mol. The highest BCUT2D eigenvalue weighted by Crippen LogP contribution is 2.37. The number of benzene rings is 3. The molecule has 1 fully saturated rings. The number of para-hydroxylation sites is 1. The molecule has 0 bridgehead atoms. The first kappa shape index (κ1) is 20.2. The van der Waals surface area contributed by atoms with E-state index in [2.05, 4.69) is 0 Å². The number of halogens is 2. The summed E-state index contributed by atoms with van der Waals surface area (Å²) in [4.78, 5) is 26.5. The molecule has 0 saturated carbocycles. The van der Waals surface area contributed by atoms with Gasteiger partial charge in [-0.25, -0.2) is 9.29 Å². The zero-order valence-corrected chi connectivity index (χ0v) is 17.1. The molecule has 2 amide bonds. The van der Waals surface area contributed by atoms with Crippen molar-refractivity contribution in [2.24, 2.45) is 0 Å². The normalized spacial score (nSPS) is 15.1. The highest BCUT2D eigenvalue weighted by atomic mass is 35.5. The molecule has 150 valence electrons. The number of hydrogen-bond acceptors (Lipinski definition) is 4. The van der Waals surface area contributed by atoms with Crippen LogP contribution >= 0.6 is 23.4 Å². The van der Waals surface area contributed by atoms with Gasteiger partial charge < -0.3 is 4.74 Å². The number of hydrogen-bond donors (Lipinski definition) is 0. The Kier molecular flexibility index (Phi) is 5.88. The van der Waals surface area contributed by atoms with E-state index in [9.17, 15) is 14.0 Å². The van der Waals surface area contributed by atoms with Gasteiger partial charge in [0, 0.05) is 16.1 Å². The molecule has 1 aliphatic heterocycles. The van der Waals surface area contributed by atoms with E-state index < -0.39 is 17.0 Å². The molecule has 1 heterocycles. The molecule has 4 rings (SSSR count). The summed E-state index contributed by atoms with van der Waals surface area (Å²) in [6.07, 6.45) is 1.62. The second kappa shape index (κ2) is 8.73. The van der Waals surface area contributed by atoms with Crippen LogP contribution in [0.2, 0.25) is 5.02 Å². The third-order valence-corrected chi connectivity index (χ3v) is 5.66. The molecule has 30 heavy (non-hydrogen) atoms. The molecule has 0 aromatic heterocycles. The zero-order chi connectivity index (χ0) is 21.1. The second-order valence-electron chi connectivity index (χ2n) is 6.41. The van der Waals surface area contributed by atoms with Gasteiger partial charge in [-0.05, 0) is 54.2 Å². The Labute approximate surface area is 181 Å². The molecule has 4 nitrogen and oxygen atoms in total. The zero-order valence-electron chi connectivity index (χ0n) is 15.5. The van der Waals surface area contributed by atoms with E-state index >= 15 is 0 Å². The predicted octanol–water partition coefficient (Wildman–Crippen LogP) is 6.30. The molecule has 7 heteroatoms. The Balaban J connectivity index is 1.58. The van der Waals surface area contributed by atoms with Gasteiger partial charge >= 0.3 is 0 Å². The van der Waals surface area contributed by atoms with Crippen molar-refractivity contribution in [2.75, 3.05) is 4.90 Å². The number of imide groups is 1. The summed E-state index contributed by atoms with van der Waals surface area (Å²) < 4.78 is 19.1. The molecule has 3 aromatic rings. The average molecular weight is 440 g/mol. The van der Waals surface area contributed by atoms with Crippen molar-refractivity contribution in [3.8, 4) is 5.75 Å². The summed E-state index contributed by atoms with van der Waals surface area (Å²) in [5, 5.41) is 0.169. The SMILES string of the molecule is O=C1S/C(=C\c2ccccc2OCc2ccccc2Cl)C(=O)N1c1ccc(F)cc1. The summed E-state index contributed by atoms with van der Waals surface area (Å²) in [6, 6.07) is 19.8. The largest absolute Gasteiger partial charge is 0.488 e. The van der Waals surface area contributed by atoms with Crippen LogP contribution in [-0.4, -0.2) is 11.1 Å². The molecule has 0 atom stereocenters. The van der Waals surface area contributed by atoms with Gasteiger partial charge in [0.15, 0.2) is 0 Å². The minimum atomic E-state index is -0.461. The Hall–Kier alpha value is -3.09. The van der Waals surface area contributed by atoms with Crippen LogP contribution in [0.4, 0.5) is 14.9 Å². The van der Waals surface area contributed by atoms with Crippen molar-refractivity contribution in [1.82, 2.24) is 0 Å². The maximum absolute atomic E-state index is 13.2. The minimum absolute atomic E-state index is 0.262. The smallest absolute Gasteiger partial charge is 0.298 e. The molecule has 3 aromatic carbocycles. The summed E-state index contributed by atoms with van der Waals surface area (Å²) in [6.45, 7) is 0.265. The van der Waals surface area contributed by atoms with Crippen LogP contribution in [0.25, 0.3) is 6.08 Å². The average Bonchev–Trinajstić information content (AvgIpc) is 3.02. The first-order chi connectivity index (χ1) is 14.5. The maximum atomic E-state index is 13.2. The third-order valence-electron chi connectivity index (χ3n) is 4.43. The van der Waals surface area contributed by atoms with E-state index in [-0.39, 0.29) is 11.5 Å². The van der Waals surface area contributed by atoms with Gasteiger partial charge in [-0.2, -0.15) is 0 Å². The maximum Gasteiger partial charge on any atom is 0.298 e. The second-order valence-corrected chi connectivity index (χ2v) is 7.81. The van der Waals surface area contributed by atoms with Gasteiger partial charge in [0.25, 0.3) is 11.1 Å². The van der Waals surface area contributed by atoms with E-state index in [0.717, 1.165) is 22.2 Å². The van der Waals surface area contributed by atoms with Crippen molar-refractivity contribution < 1.29 is 18.7 Å². The van der Waals surface area contributed by atoms with Crippen molar-refractivity contribution in [3.63, 3.8) is 0 Å². The topological polar surface area (TPSA) is 46.6 Å². The summed E-state index contributed by atoms with van der Waals surface area (Å²) in [5.41, 5.74) is 1.82. The van der Waals surface area contributed by atoms with E-state index in [0.29, 0.717) is 22.0 Å². The number of nitrogens with zero attached hydrogens (tertiary/aromatic N) is 1. The molecule has 0 unspecified atom stereocenters. The number of amides is 2. The van der Waals surface area contributed by atoms with Gasteiger partial charge in [0.1, 0.15) is 18.2 Å². The van der Waals surface area contributed by atoms with Gasteiger partial charge in [-0.15, -0.1) is 0 Å². The standard InChI is InChI=1S/C23H15ClFNO3S/c24-19-7-3-1-6-16(19)14-29-20-8-4-2-5-15(20)13-21-22(27)26(23(28)30-21)18-11-9-17(25)10-12-18/h1-13H,14H2/b21-13-.